The van der Waals surface area contributed by atoms with Crippen molar-refractivity contribution in [3.8, 4) is 0 Å². The smallest absolute Gasteiger partial charge is 0.172 e. The Balaban J connectivity index is 1.67. The van der Waals surface area contributed by atoms with Crippen molar-refractivity contribution >= 4 is 0 Å². The molecule has 2 unspecified atom stereocenters. The maximum Gasteiger partial charge on any atom is 0.172 e. The minimum Gasteiger partial charge on any atom is -0.393 e. The molecular weight excluding hydrogens is 222 g/mol. The van der Waals surface area contributed by atoms with E-state index in [1.54, 1.807) is 0 Å². The van der Waals surface area contributed by atoms with Gasteiger partial charge in [-0.15, -0.1) is 0 Å². The number of aliphatic hydroxyl groups excluding tert-OH is 1. The van der Waals surface area contributed by atoms with E-state index < -0.39 is 5.72 Å². The summed E-state index contributed by atoms with van der Waals surface area (Å²) < 4.78 is 11.2. The van der Waals surface area contributed by atoms with Crippen molar-refractivity contribution in [2.75, 3.05) is 13.2 Å². The van der Waals surface area contributed by atoms with E-state index in [1.165, 1.54) is 19.3 Å². The first-order valence-electron chi connectivity index (χ1n) is 6.24. The van der Waals surface area contributed by atoms with Gasteiger partial charge in [0, 0.05) is 11.3 Å². The number of hydrogen-bond donors (Lipinski definition) is 1. The molecule has 0 aromatic carbocycles. The topological polar surface area (TPSA) is 87.5 Å². The molecule has 0 spiro atoms. The van der Waals surface area contributed by atoms with Crippen LogP contribution >= 0.6 is 0 Å². The van der Waals surface area contributed by atoms with E-state index in [9.17, 15) is 0 Å². The SMILES string of the molecule is [N-]=[N+]=NC1(CO)CC(COC2CCCCC2)O1. The third kappa shape index (κ3) is 3.10. The molecule has 2 rings (SSSR count). The van der Waals surface area contributed by atoms with Crippen LogP contribution in [0.15, 0.2) is 5.11 Å². The van der Waals surface area contributed by atoms with Crippen LogP contribution < -0.4 is 0 Å². The maximum absolute atomic E-state index is 9.07. The van der Waals surface area contributed by atoms with Gasteiger partial charge in [0.2, 0.25) is 0 Å². The molecule has 0 bridgehead atoms. The van der Waals surface area contributed by atoms with E-state index >= 15 is 0 Å². The van der Waals surface area contributed by atoms with Gasteiger partial charge in [0.25, 0.3) is 0 Å². The molecule has 2 atom stereocenters. The quantitative estimate of drug-likeness (QED) is 0.454. The van der Waals surface area contributed by atoms with E-state index in [4.69, 9.17) is 20.1 Å². The third-order valence-corrected chi connectivity index (χ3v) is 3.48. The van der Waals surface area contributed by atoms with Crippen molar-refractivity contribution in [1.82, 2.24) is 0 Å². The fourth-order valence-electron chi connectivity index (χ4n) is 2.50. The van der Waals surface area contributed by atoms with Gasteiger partial charge < -0.3 is 14.6 Å². The zero-order valence-corrected chi connectivity index (χ0v) is 9.92. The first-order valence-corrected chi connectivity index (χ1v) is 6.24. The second kappa shape index (κ2) is 5.69. The Kier molecular flexibility index (Phi) is 4.23. The van der Waals surface area contributed by atoms with Gasteiger partial charge in [0.1, 0.15) is 0 Å². The van der Waals surface area contributed by atoms with Crippen molar-refractivity contribution < 1.29 is 14.6 Å². The van der Waals surface area contributed by atoms with Crippen LogP contribution in [0.1, 0.15) is 38.5 Å². The summed E-state index contributed by atoms with van der Waals surface area (Å²) in [4.78, 5) is 2.68. The van der Waals surface area contributed by atoms with Gasteiger partial charge in [-0.05, 0) is 18.4 Å². The molecule has 0 aromatic rings. The van der Waals surface area contributed by atoms with Crippen LogP contribution in [-0.2, 0) is 9.47 Å². The zero-order valence-electron chi connectivity index (χ0n) is 9.92. The average molecular weight is 241 g/mol. The number of nitrogens with zero attached hydrogens (tertiary/aromatic N) is 3. The molecule has 6 nitrogen and oxygen atoms in total. The highest BCUT2D eigenvalue weighted by molar-refractivity contribution is 4.91. The molecule has 1 heterocycles. The van der Waals surface area contributed by atoms with Gasteiger partial charge in [-0.3, -0.25) is 0 Å². The van der Waals surface area contributed by atoms with Gasteiger partial charge in [-0.2, -0.15) is 0 Å². The first-order chi connectivity index (χ1) is 8.28. The Morgan fingerprint density at radius 1 is 1.41 bits per heavy atom. The van der Waals surface area contributed by atoms with Crippen LogP contribution in [0.5, 0.6) is 0 Å². The molecule has 1 saturated heterocycles. The standard InChI is InChI=1S/C11H19N3O3/c12-14-13-11(8-15)6-10(17-11)7-16-9-4-2-1-3-5-9/h9-10,15H,1-8H2. The Morgan fingerprint density at radius 2 is 2.12 bits per heavy atom. The van der Waals surface area contributed by atoms with Crippen molar-refractivity contribution in [2.45, 2.75) is 56.5 Å². The summed E-state index contributed by atoms with van der Waals surface area (Å²) in [5.41, 5.74) is 7.32. The predicted octanol–water partition coefficient (Wildman–Crippen LogP) is 2.12. The summed E-state index contributed by atoms with van der Waals surface area (Å²) in [6.07, 6.45) is 6.92. The van der Waals surface area contributed by atoms with Crippen LogP contribution in [0.25, 0.3) is 10.4 Å². The number of azide groups is 1. The van der Waals surface area contributed by atoms with Crippen LogP contribution in [0.4, 0.5) is 0 Å². The molecule has 17 heavy (non-hydrogen) atoms. The summed E-state index contributed by atoms with van der Waals surface area (Å²) in [6.45, 7) is 0.268. The Bertz CT molecular complexity index is 292. The molecular formula is C11H19N3O3. The molecule has 0 amide bonds. The van der Waals surface area contributed by atoms with Gasteiger partial charge in [0.05, 0.1) is 25.4 Å². The van der Waals surface area contributed by atoms with E-state index in [1.807, 2.05) is 0 Å². The summed E-state index contributed by atoms with van der Waals surface area (Å²) in [5, 5.41) is 12.5. The normalized spacial score (nSPS) is 33.8. The Morgan fingerprint density at radius 3 is 2.71 bits per heavy atom. The number of hydrogen-bond acceptors (Lipinski definition) is 4. The molecule has 0 radical (unpaired) electrons. The molecule has 1 aliphatic carbocycles. The van der Waals surface area contributed by atoms with Gasteiger partial charge >= 0.3 is 0 Å². The van der Waals surface area contributed by atoms with E-state index in [-0.39, 0.29) is 12.7 Å². The zero-order chi connectivity index (χ0) is 12.1. The minimum atomic E-state index is -1.03. The molecule has 1 saturated carbocycles. The van der Waals surface area contributed by atoms with Gasteiger partial charge in [-0.25, -0.2) is 0 Å². The maximum atomic E-state index is 9.07. The minimum absolute atomic E-state index is 0.0467. The van der Waals surface area contributed by atoms with Gasteiger partial charge in [0.15, 0.2) is 5.72 Å². The number of ether oxygens (including phenoxy) is 2. The monoisotopic (exact) mass is 241 g/mol. The lowest BCUT2D eigenvalue weighted by Crippen LogP contribution is -2.53. The largest absolute Gasteiger partial charge is 0.393 e. The molecule has 6 heteroatoms. The lowest BCUT2D eigenvalue weighted by atomic mass is 9.97. The molecule has 1 aliphatic heterocycles. The van der Waals surface area contributed by atoms with E-state index in [0.29, 0.717) is 19.1 Å². The lowest BCUT2D eigenvalue weighted by molar-refractivity contribution is -0.238. The van der Waals surface area contributed by atoms with Crippen LogP contribution in [-0.4, -0.2) is 36.3 Å². The highest BCUT2D eigenvalue weighted by Crippen LogP contribution is 2.34. The van der Waals surface area contributed by atoms with Crippen LogP contribution in [0.3, 0.4) is 0 Å². The highest BCUT2D eigenvalue weighted by Gasteiger charge is 2.45. The van der Waals surface area contributed by atoms with Crippen LogP contribution in [0, 0.1) is 0 Å². The first kappa shape index (κ1) is 12.6. The van der Waals surface area contributed by atoms with Gasteiger partial charge in [-0.1, -0.05) is 24.4 Å². The third-order valence-electron chi connectivity index (χ3n) is 3.48. The van der Waals surface area contributed by atoms with Crippen molar-refractivity contribution in [1.29, 1.82) is 0 Å². The summed E-state index contributed by atoms with van der Waals surface area (Å²) in [7, 11) is 0. The Labute approximate surface area is 101 Å². The average Bonchev–Trinajstić information content (AvgIpc) is 2.33. The summed E-state index contributed by atoms with van der Waals surface area (Å²) in [6, 6.07) is 0. The second-order valence-corrected chi connectivity index (χ2v) is 4.83. The number of rotatable bonds is 5. The van der Waals surface area contributed by atoms with E-state index in [0.717, 1.165) is 12.8 Å². The molecule has 1 N–H and O–H groups in total. The summed E-state index contributed by atoms with van der Waals surface area (Å²) >= 11 is 0. The van der Waals surface area contributed by atoms with Crippen LogP contribution in [0.2, 0.25) is 0 Å². The van der Waals surface area contributed by atoms with Crippen molar-refractivity contribution in [3.05, 3.63) is 10.4 Å². The second-order valence-electron chi connectivity index (χ2n) is 4.83. The Hall–Kier alpha value is -0.810. The summed E-state index contributed by atoms with van der Waals surface area (Å²) in [5.74, 6) is 0. The van der Waals surface area contributed by atoms with E-state index in [2.05, 4.69) is 10.0 Å². The lowest BCUT2D eigenvalue weighted by Gasteiger charge is -2.43. The fraction of sp³-hybridized carbons (Fsp3) is 1.00. The molecule has 2 aliphatic rings. The molecule has 0 aromatic heterocycles. The fourth-order valence-corrected chi connectivity index (χ4v) is 2.50. The van der Waals surface area contributed by atoms with Crippen molar-refractivity contribution in [3.63, 3.8) is 0 Å². The highest BCUT2D eigenvalue weighted by atomic mass is 16.6. The number of aliphatic hydroxyl groups is 1. The molecule has 96 valence electrons. The van der Waals surface area contributed by atoms with Crippen molar-refractivity contribution in [2.24, 2.45) is 5.11 Å². The predicted molar refractivity (Wildman–Crippen MR) is 61.3 cm³/mol. The molecule has 2 fully saturated rings.